The third-order valence-electron chi connectivity index (χ3n) is 5.78. The Morgan fingerprint density at radius 3 is 2.75 bits per heavy atom. The summed E-state index contributed by atoms with van der Waals surface area (Å²) < 4.78 is 12.7. The van der Waals surface area contributed by atoms with E-state index < -0.39 is 0 Å². The van der Waals surface area contributed by atoms with Crippen LogP contribution in [0.1, 0.15) is 40.9 Å². The third kappa shape index (κ3) is 4.92. The van der Waals surface area contributed by atoms with E-state index in [4.69, 9.17) is 9.47 Å². The fraction of sp³-hybridized carbons (Fsp3) is 0.308. The molecule has 1 fully saturated rings. The molecular formula is C26H27NO5. The molecule has 1 saturated heterocycles. The van der Waals surface area contributed by atoms with Crippen molar-refractivity contribution in [2.24, 2.45) is 0 Å². The van der Waals surface area contributed by atoms with Crippen LogP contribution in [-0.2, 0) is 20.7 Å². The monoisotopic (exact) mass is 433 g/mol. The molecule has 4 rings (SSSR count). The largest absolute Gasteiger partial charge is 0.508 e. The fourth-order valence-electron chi connectivity index (χ4n) is 4.10. The van der Waals surface area contributed by atoms with Crippen LogP contribution in [0.2, 0.25) is 0 Å². The fourth-order valence-corrected chi connectivity index (χ4v) is 4.10. The lowest BCUT2D eigenvalue weighted by Crippen LogP contribution is -2.26. The van der Waals surface area contributed by atoms with Gasteiger partial charge in [-0.05, 0) is 61.6 Å². The topological polar surface area (TPSA) is 77.8 Å². The maximum Gasteiger partial charge on any atom is 0.310 e. The molecule has 3 aromatic rings. The van der Waals surface area contributed by atoms with E-state index in [2.05, 4.69) is 0 Å². The van der Waals surface area contributed by atoms with Gasteiger partial charge in [-0.2, -0.15) is 0 Å². The Morgan fingerprint density at radius 2 is 2.00 bits per heavy atom. The molecule has 166 valence electrons. The number of ether oxygens (including phenoxy) is 2. The van der Waals surface area contributed by atoms with Gasteiger partial charge in [0.05, 0.1) is 18.0 Å². The molecule has 1 aromatic heterocycles. The molecule has 1 N–H and O–H groups in total. The predicted octanol–water partition coefficient (Wildman–Crippen LogP) is 4.66. The molecule has 0 saturated carbocycles. The third-order valence-corrected chi connectivity index (χ3v) is 5.78. The first-order chi connectivity index (χ1) is 15.5. The zero-order chi connectivity index (χ0) is 22.5. The number of carbonyl (C=O) groups is 2. The Hall–Kier alpha value is -3.38. The summed E-state index contributed by atoms with van der Waals surface area (Å²) in [5.74, 6) is -0.527. The van der Waals surface area contributed by atoms with Crippen molar-refractivity contribution in [3.63, 3.8) is 0 Å². The Balaban J connectivity index is 1.58. The first kappa shape index (κ1) is 21.8. The Bertz CT molecular complexity index is 1140. The number of phenolic OH excluding ortho intramolecular Hbond substituents is 1. The summed E-state index contributed by atoms with van der Waals surface area (Å²) in [5.41, 5.74) is 2.88. The van der Waals surface area contributed by atoms with Crippen LogP contribution in [0.4, 0.5) is 0 Å². The summed E-state index contributed by atoms with van der Waals surface area (Å²) in [6.07, 6.45) is 6.24. The molecule has 0 spiro atoms. The number of rotatable bonds is 6. The number of aromatic hydroxyl groups is 1. The molecule has 0 aliphatic carbocycles. The Kier molecular flexibility index (Phi) is 6.71. The Morgan fingerprint density at radius 1 is 1.19 bits per heavy atom. The van der Waals surface area contributed by atoms with Crippen molar-refractivity contribution in [1.29, 1.82) is 0 Å². The minimum atomic E-state index is -0.378. The van der Waals surface area contributed by atoms with E-state index >= 15 is 0 Å². The molecule has 6 nitrogen and oxygen atoms in total. The minimum absolute atomic E-state index is 0.0151. The summed E-state index contributed by atoms with van der Waals surface area (Å²) in [4.78, 5) is 25.6. The maximum atomic E-state index is 13.1. The highest BCUT2D eigenvalue weighted by Gasteiger charge is 2.22. The molecule has 1 aliphatic rings. The van der Waals surface area contributed by atoms with E-state index in [9.17, 15) is 14.7 Å². The number of hydrogen-bond acceptors (Lipinski definition) is 5. The second kappa shape index (κ2) is 9.83. The SMILES string of the molecule is Cc1c(CC(=O)OCC2CCCCO2)c2cc(O)ccc2n1C(=O)C=Cc1ccccc1. The summed E-state index contributed by atoms with van der Waals surface area (Å²) in [6, 6.07) is 14.4. The number of allylic oxidation sites excluding steroid dienone is 1. The van der Waals surface area contributed by atoms with Crippen molar-refractivity contribution in [3.8, 4) is 5.75 Å². The van der Waals surface area contributed by atoms with Crippen LogP contribution in [0.25, 0.3) is 17.0 Å². The molecule has 2 heterocycles. The summed E-state index contributed by atoms with van der Waals surface area (Å²) >= 11 is 0. The number of fused-ring (bicyclic) bond motifs is 1. The molecule has 1 aliphatic heterocycles. The number of nitrogens with zero attached hydrogens (tertiary/aromatic N) is 1. The molecular weight excluding hydrogens is 406 g/mol. The van der Waals surface area contributed by atoms with E-state index in [1.165, 1.54) is 12.1 Å². The molecule has 32 heavy (non-hydrogen) atoms. The van der Waals surface area contributed by atoms with Crippen LogP contribution in [0.5, 0.6) is 5.75 Å². The number of hydrogen-bond donors (Lipinski definition) is 1. The van der Waals surface area contributed by atoms with E-state index in [0.717, 1.165) is 24.8 Å². The second-order valence-electron chi connectivity index (χ2n) is 8.03. The zero-order valence-electron chi connectivity index (χ0n) is 18.1. The number of carbonyl (C=O) groups excluding carboxylic acids is 2. The van der Waals surface area contributed by atoms with Gasteiger partial charge in [0, 0.05) is 23.8 Å². The van der Waals surface area contributed by atoms with E-state index in [-0.39, 0.29) is 36.8 Å². The molecule has 6 heteroatoms. The smallest absolute Gasteiger partial charge is 0.310 e. The number of esters is 1. The normalized spacial score (nSPS) is 16.5. The van der Waals surface area contributed by atoms with Crippen molar-refractivity contribution in [1.82, 2.24) is 4.57 Å². The van der Waals surface area contributed by atoms with Gasteiger partial charge in [0.25, 0.3) is 5.91 Å². The Labute approximate surface area is 187 Å². The average molecular weight is 434 g/mol. The van der Waals surface area contributed by atoms with Crippen molar-refractivity contribution < 1.29 is 24.2 Å². The highest BCUT2D eigenvalue weighted by molar-refractivity contribution is 6.03. The quantitative estimate of drug-likeness (QED) is 0.452. The second-order valence-corrected chi connectivity index (χ2v) is 8.03. The van der Waals surface area contributed by atoms with Crippen LogP contribution in [0.15, 0.2) is 54.6 Å². The predicted molar refractivity (Wildman–Crippen MR) is 123 cm³/mol. The minimum Gasteiger partial charge on any atom is -0.508 e. The van der Waals surface area contributed by atoms with Gasteiger partial charge in [-0.1, -0.05) is 30.3 Å². The average Bonchev–Trinajstić information content (AvgIpc) is 3.08. The van der Waals surface area contributed by atoms with Crippen molar-refractivity contribution in [3.05, 3.63) is 71.4 Å². The van der Waals surface area contributed by atoms with Gasteiger partial charge in [0.1, 0.15) is 12.4 Å². The summed E-state index contributed by atoms with van der Waals surface area (Å²) in [5, 5.41) is 10.7. The first-order valence-corrected chi connectivity index (χ1v) is 10.9. The zero-order valence-corrected chi connectivity index (χ0v) is 18.1. The van der Waals surface area contributed by atoms with Gasteiger partial charge in [0.15, 0.2) is 0 Å². The van der Waals surface area contributed by atoms with Gasteiger partial charge in [-0.25, -0.2) is 0 Å². The van der Waals surface area contributed by atoms with E-state index in [1.54, 1.807) is 29.7 Å². The highest BCUT2D eigenvalue weighted by Crippen LogP contribution is 2.30. The van der Waals surface area contributed by atoms with Crippen molar-refractivity contribution in [2.45, 2.75) is 38.7 Å². The van der Waals surface area contributed by atoms with Crippen molar-refractivity contribution in [2.75, 3.05) is 13.2 Å². The lowest BCUT2D eigenvalue weighted by molar-refractivity contribution is -0.148. The number of phenols is 1. The van der Waals surface area contributed by atoms with Crippen LogP contribution in [-0.4, -0.2) is 40.9 Å². The summed E-state index contributed by atoms with van der Waals surface area (Å²) in [7, 11) is 0. The van der Waals surface area contributed by atoms with E-state index in [1.807, 2.05) is 30.3 Å². The lowest BCUT2D eigenvalue weighted by atomic mass is 10.1. The van der Waals surface area contributed by atoms with Crippen LogP contribution in [0.3, 0.4) is 0 Å². The van der Waals surface area contributed by atoms with Gasteiger partial charge in [-0.15, -0.1) is 0 Å². The summed E-state index contributed by atoms with van der Waals surface area (Å²) in [6.45, 7) is 2.74. The number of benzene rings is 2. The molecule has 0 amide bonds. The lowest BCUT2D eigenvalue weighted by Gasteiger charge is -2.22. The van der Waals surface area contributed by atoms with Crippen molar-refractivity contribution >= 4 is 28.9 Å². The highest BCUT2D eigenvalue weighted by atomic mass is 16.6. The molecule has 0 bridgehead atoms. The molecule has 1 atom stereocenters. The van der Waals surface area contributed by atoms with Crippen LogP contribution < -0.4 is 0 Å². The molecule has 1 unspecified atom stereocenters. The molecule has 0 radical (unpaired) electrons. The molecule has 2 aromatic carbocycles. The first-order valence-electron chi connectivity index (χ1n) is 10.9. The van der Waals surface area contributed by atoms with Crippen LogP contribution in [0, 0.1) is 6.92 Å². The maximum absolute atomic E-state index is 13.1. The number of aromatic nitrogens is 1. The van der Waals surface area contributed by atoms with Crippen LogP contribution >= 0.6 is 0 Å². The van der Waals surface area contributed by atoms with E-state index in [0.29, 0.717) is 28.8 Å². The van der Waals surface area contributed by atoms with Gasteiger partial charge in [-0.3, -0.25) is 14.2 Å². The van der Waals surface area contributed by atoms with Gasteiger partial charge < -0.3 is 14.6 Å². The van der Waals surface area contributed by atoms with Gasteiger partial charge in [0.2, 0.25) is 0 Å². The van der Waals surface area contributed by atoms with Gasteiger partial charge >= 0.3 is 5.97 Å². The standard InChI is InChI=1S/C26H27NO5/c1-18-22(16-26(30)32-17-21-9-5-6-14-31-21)23-15-20(28)11-12-24(23)27(18)25(29)13-10-19-7-3-2-4-8-19/h2-4,7-8,10-13,15,21,28H,5-6,9,14,16-17H2,1H3.